The number of amides is 1. The summed E-state index contributed by atoms with van der Waals surface area (Å²) in [6, 6.07) is 0. The van der Waals surface area contributed by atoms with E-state index < -0.39 is 0 Å². The number of aryl methyl sites for hydroxylation is 2. The quantitative estimate of drug-likeness (QED) is 0.450. The number of thiophene rings is 1. The van der Waals surface area contributed by atoms with Crippen LogP contribution in [0.5, 0.6) is 0 Å². The average molecular weight is 510 g/mol. The van der Waals surface area contributed by atoms with Crippen LogP contribution in [0, 0.1) is 24.7 Å². The summed E-state index contributed by atoms with van der Waals surface area (Å²) in [4.78, 5) is 19.9. The molecule has 3 aliphatic rings. The molecule has 162 valence electrons. The van der Waals surface area contributed by atoms with Gasteiger partial charge in [0.15, 0.2) is 0 Å². The standard InChI is InChI=1S/C24H30BrClN2OS/c1-14-16-17(25)19(30-21(16)27-15(2)18(14)26)20(29)28-22(3)23(10-6-4-7-11-23)24(22)12-8-5-9-13-24/h4-13H2,1-3H3,(H,28,29). The van der Waals surface area contributed by atoms with Crippen LogP contribution in [0.25, 0.3) is 10.2 Å². The molecule has 3 aliphatic carbocycles. The van der Waals surface area contributed by atoms with Crippen molar-refractivity contribution in [2.45, 2.75) is 90.5 Å². The number of carbonyl (C=O) groups excluding carboxylic acids is 1. The molecule has 3 saturated carbocycles. The zero-order valence-corrected chi connectivity index (χ0v) is 21.2. The molecule has 6 heteroatoms. The van der Waals surface area contributed by atoms with Gasteiger partial charge in [-0.15, -0.1) is 11.3 Å². The van der Waals surface area contributed by atoms with Crippen LogP contribution in [0.15, 0.2) is 4.47 Å². The largest absolute Gasteiger partial charge is 0.345 e. The lowest BCUT2D eigenvalue weighted by molar-refractivity contribution is 0.0915. The molecule has 2 spiro atoms. The second-order valence-corrected chi connectivity index (χ2v) is 12.1. The molecule has 0 atom stereocenters. The van der Waals surface area contributed by atoms with Crippen molar-refractivity contribution in [1.29, 1.82) is 0 Å². The monoisotopic (exact) mass is 508 g/mol. The van der Waals surface area contributed by atoms with Gasteiger partial charge in [-0.25, -0.2) is 4.98 Å². The minimum absolute atomic E-state index is 0.0490. The van der Waals surface area contributed by atoms with Crippen molar-refractivity contribution < 1.29 is 4.79 Å². The molecular weight excluding hydrogens is 480 g/mol. The van der Waals surface area contributed by atoms with Gasteiger partial charge in [-0.3, -0.25) is 4.79 Å². The van der Waals surface area contributed by atoms with Crippen molar-refractivity contribution in [3.8, 4) is 0 Å². The van der Waals surface area contributed by atoms with E-state index in [0.717, 1.165) is 30.8 Å². The minimum atomic E-state index is -0.0937. The molecule has 0 aliphatic heterocycles. The summed E-state index contributed by atoms with van der Waals surface area (Å²) in [5, 5.41) is 5.26. The number of fused-ring (bicyclic) bond motifs is 2. The van der Waals surface area contributed by atoms with Crippen LogP contribution >= 0.6 is 38.9 Å². The lowest BCUT2D eigenvalue weighted by Gasteiger charge is -2.30. The van der Waals surface area contributed by atoms with Gasteiger partial charge in [0.2, 0.25) is 0 Å². The van der Waals surface area contributed by atoms with E-state index in [1.807, 2.05) is 13.8 Å². The van der Waals surface area contributed by atoms with Crippen LogP contribution in [0.1, 0.15) is 92.1 Å². The fraction of sp³-hybridized carbons (Fsp3) is 0.667. The van der Waals surface area contributed by atoms with Gasteiger partial charge < -0.3 is 5.32 Å². The Morgan fingerprint density at radius 3 is 2.10 bits per heavy atom. The van der Waals surface area contributed by atoms with Gasteiger partial charge in [-0.2, -0.15) is 0 Å². The summed E-state index contributed by atoms with van der Waals surface area (Å²) in [5.41, 5.74) is 2.31. The number of hydrogen-bond acceptors (Lipinski definition) is 3. The molecule has 0 radical (unpaired) electrons. The molecule has 0 bridgehead atoms. The van der Waals surface area contributed by atoms with E-state index in [1.54, 1.807) is 0 Å². The summed E-state index contributed by atoms with van der Waals surface area (Å²) < 4.78 is 0.839. The van der Waals surface area contributed by atoms with Crippen molar-refractivity contribution >= 4 is 55.0 Å². The van der Waals surface area contributed by atoms with Crippen molar-refractivity contribution in [1.82, 2.24) is 10.3 Å². The summed E-state index contributed by atoms with van der Waals surface area (Å²) >= 11 is 11.6. The molecule has 0 aromatic carbocycles. The van der Waals surface area contributed by atoms with Crippen molar-refractivity contribution in [3.63, 3.8) is 0 Å². The predicted octanol–water partition coefficient (Wildman–Crippen LogP) is 7.73. The Morgan fingerprint density at radius 2 is 1.57 bits per heavy atom. The highest BCUT2D eigenvalue weighted by Crippen LogP contribution is 2.81. The van der Waals surface area contributed by atoms with E-state index in [4.69, 9.17) is 11.6 Å². The topological polar surface area (TPSA) is 42.0 Å². The third-order valence-corrected chi connectivity index (χ3v) is 11.6. The Morgan fingerprint density at radius 1 is 1.03 bits per heavy atom. The van der Waals surface area contributed by atoms with Gasteiger partial charge in [0.05, 0.1) is 20.7 Å². The summed E-state index contributed by atoms with van der Waals surface area (Å²) in [6.07, 6.45) is 13.0. The lowest BCUT2D eigenvalue weighted by Crippen LogP contribution is -2.41. The number of hydrogen-bond donors (Lipinski definition) is 1. The molecule has 2 aromatic rings. The first-order valence-electron chi connectivity index (χ1n) is 11.4. The lowest BCUT2D eigenvalue weighted by atomic mass is 9.73. The van der Waals surface area contributed by atoms with Gasteiger partial charge in [0.1, 0.15) is 9.71 Å². The maximum Gasteiger partial charge on any atom is 0.263 e. The second-order valence-electron chi connectivity index (χ2n) is 9.93. The van der Waals surface area contributed by atoms with Gasteiger partial charge in [-0.05, 0) is 67.9 Å². The van der Waals surface area contributed by atoms with Crippen molar-refractivity contribution in [3.05, 3.63) is 25.6 Å². The Hall–Kier alpha value is -0.650. The van der Waals surface area contributed by atoms with Crippen LogP contribution in [0.3, 0.4) is 0 Å². The molecule has 3 nitrogen and oxygen atoms in total. The van der Waals surface area contributed by atoms with Crippen LogP contribution in [0.4, 0.5) is 0 Å². The molecule has 3 fully saturated rings. The number of halogens is 2. The average Bonchev–Trinajstić information content (AvgIpc) is 2.98. The molecule has 2 heterocycles. The molecule has 1 N–H and O–H groups in total. The van der Waals surface area contributed by atoms with E-state index in [2.05, 4.69) is 33.2 Å². The number of rotatable bonds is 2. The van der Waals surface area contributed by atoms with Crippen LogP contribution in [-0.2, 0) is 0 Å². The number of nitrogens with zero attached hydrogens (tertiary/aromatic N) is 1. The fourth-order valence-corrected chi connectivity index (χ4v) is 9.62. The highest BCUT2D eigenvalue weighted by molar-refractivity contribution is 9.10. The summed E-state index contributed by atoms with van der Waals surface area (Å²) in [6.45, 7) is 6.29. The molecule has 30 heavy (non-hydrogen) atoms. The molecule has 0 unspecified atom stereocenters. The van der Waals surface area contributed by atoms with Gasteiger partial charge in [-0.1, -0.05) is 50.1 Å². The van der Waals surface area contributed by atoms with Crippen LogP contribution < -0.4 is 5.32 Å². The number of aromatic nitrogens is 1. The predicted molar refractivity (Wildman–Crippen MR) is 129 cm³/mol. The fourth-order valence-electron chi connectivity index (χ4n) is 7.37. The normalized spacial score (nSPS) is 23.8. The van der Waals surface area contributed by atoms with E-state index >= 15 is 0 Å². The molecular formula is C24H30BrClN2OS. The van der Waals surface area contributed by atoms with Gasteiger partial charge in [0.25, 0.3) is 5.91 Å². The number of pyridine rings is 1. The maximum absolute atomic E-state index is 13.6. The maximum atomic E-state index is 13.6. The smallest absolute Gasteiger partial charge is 0.263 e. The van der Waals surface area contributed by atoms with E-state index in [-0.39, 0.29) is 11.4 Å². The van der Waals surface area contributed by atoms with E-state index in [1.165, 1.54) is 75.5 Å². The van der Waals surface area contributed by atoms with Crippen LogP contribution in [0.2, 0.25) is 5.02 Å². The Bertz CT molecular complexity index is 1010. The van der Waals surface area contributed by atoms with Crippen molar-refractivity contribution in [2.75, 3.05) is 0 Å². The van der Waals surface area contributed by atoms with Gasteiger partial charge in [0, 0.05) is 16.2 Å². The van der Waals surface area contributed by atoms with Gasteiger partial charge >= 0.3 is 0 Å². The third-order valence-electron chi connectivity index (χ3n) is 8.87. The Balaban J connectivity index is 1.52. The minimum Gasteiger partial charge on any atom is -0.345 e. The molecule has 0 saturated heterocycles. The zero-order valence-electron chi connectivity index (χ0n) is 18.1. The first-order valence-corrected chi connectivity index (χ1v) is 13.3. The van der Waals surface area contributed by atoms with E-state index in [0.29, 0.717) is 15.9 Å². The molecule has 1 amide bonds. The highest BCUT2D eigenvalue weighted by Gasteiger charge is 2.82. The molecule has 2 aromatic heterocycles. The SMILES string of the molecule is Cc1nc2sc(C(=O)NC3(C)C4(CCCCC4)C34CCCCC4)c(Br)c2c(C)c1Cl. The first-order chi connectivity index (χ1) is 14.3. The number of carbonyl (C=O) groups is 1. The first kappa shape index (κ1) is 21.2. The molecule has 5 rings (SSSR count). The Kier molecular flexibility index (Phi) is 5.08. The highest BCUT2D eigenvalue weighted by atomic mass is 79.9. The zero-order chi connectivity index (χ0) is 21.3. The Labute approximate surface area is 196 Å². The van der Waals surface area contributed by atoms with Crippen LogP contribution in [-0.4, -0.2) is 16.4 Å². The van der Waals surface area contributed by atoms with Crippen molar-refractivity contribution in [2.24, 2.45) is 10.8 Å². The summed E-state index contributed by atoms with van der Waals surface area (Å²) in [7, 11) is 0. The third kappa shape index (κ3) is 2.61. The second kappa shape index (κ2) is 7.18. The van der Waals surface area contributed by atoms with E-state index in [9.17, 15) is 4.79 Å². The number of nitrogens with one attached hydrogen (secondary N) is 1. The summed E-state index contributed by atoms with van der Waals surface area (Å²) in [5.74, 6) is 0.0490.